The summed E-state index contributed by atoms with van der Waals surface area (Å²) in [6.45, 7) is 3.07. The Kier molecular flexibility index (Phi) is 24.0. The molecule has 0 aliphatic heterocycles. The maximum absolute atomic E-state index is 11.6. The van der Waals surface area contributed by atoms with Crippen molar-refractivity contribution < 1.29 is 14.6 Å². The van der Waals surface area contributed by atoms with Gasteiger partial charge in [-0.1, -0.05) is 115 Å². The molecule has 0 aromatic heterocycles. The quantitative estimate of drug-likeness (QED) is 0.0864. The molecule has 0 spiro atoms. The lowest BCUT2D eigenvalue weighted by atomic mass is 10.1. The Bertz CT molecular complexity index is 387. The number of hydrogen-bond donors (Lipinski definition) is 1. The van der Waals surface area contributed by atoms with Crippen molar-refractivity contribution in [3.8, 4) is 0 Å². The van der Waals surface area contributed by atoms with Crippen LogP contribution in [-0.2, 0) is 9.53 Å². The van der Waals surface area contributed by atoms with Crippen LogP contribution in [0.2, 0.25) is 0 Å². The summed E-state index contributed by atoms with van der Waals surface area (Å²) >= 11 is 0. The van der Waals surface area contributed by atoms with E-state index in [-0.39, 0.29) is 12.6 Å². The molecule has 0 bridgehead atoms. The number of ether oxygens (including phenoxy) is 1. The molecule has 0 saturated heterocycles. The molecule has 0 radical (unpaired) electrons. The molecule has 0 heterocycles. The minimum absolute atomic E-state index is 0.246. The second-order valence-electron chi connectivity index (χ2n) is 8.12. The number of allylic oxidation sites excluding steroid dienone is 3. The van der Waals surface area contributed by atoms with Crippen LogP contribution in [-0.4, -0.2) is 24.3 Å². The average molecular weight is 409 g/mol. The molecule has 0 fully saturated rings. The van der Waals surface area contributed by atoms with Gasteiger partial charge in [-0.25, -0.2) is 4.79 Å². The van der Waals surface area contributed by atoms with Gasteiger partial charge in [0.05, 0.1) is 6.61 Å². The summed E-state index contributed by atoms with van der Waals surface area (Å²) in [5.41, 5.74) is 0. The highest BCUT2D eigenvalue weighted by Crippen LogP contribution is 2.12. The van der Waals surface area contributed by atoms with Crippen LogP contribution in [0.5, 0.6) is 0 Å². The van der Waals surface area contributed by atoms with Crippen LogP contribution in [0.25, 0.3) is 0 Å². The monoisotopic (exact) mass is 408 g/mol. The van der Waals surface area contributed by atoms with E-state index in [4.69, 9.17) is 9.84 Å². The van der Waals surface area contributed by atoms with Gasteiger partial charge in [-0.2, -0.15) is 0 Å². The van der Waals surface area contributed by atoms with E-state index < -0.39 is 0 Å². The average Bonchev–Trinajstić information content (AvgIpc) is 2.72. The fourth-order valence-corrected chi connectivity index (χ4v) is 3.38. The number of unbranched alkanes of at least 4 members (excludes halogenated alkanes) is 16. The third-order valence-corrected chi connectivity index (χ3v) is 5.25. The van der Waals surface area contributed by atoms with E-state index >= 15 is 0 Å². The number of rotatable bonds is 22. The van der Waals surface area contributed by atoms with Gasteiger partial charge >= 0.3 is 5.97 Å². The number of aliphatic hydroxyl groups is 1. The van der Waals surface area contributed by atoms with Crippen LogP contribution in [0.1, 0.15) is 122 Å². The van der Waals surface area contributed by atoms with E-state index in [1.807, 2.05) is 6.08 Å². The maximum Gasteiger partial charge on any atom is 0.330 e. The van der Waals surface area contributed by atoms with Crippen molar-refractivity contribution >= 4 is 5.97 Å². The minimum atomic E-state index is -0.246. The van der Waals surface area contributed by atoms with Gasteiger partial charge < -0.3 is 9.84 Å². The van der Waals surface area contributed by atoms with Crippen LogP contribution in [0.3, 0.4) is 0 Å². The van der Waals surface area contributed by atoms with Gasteiger partial charge in [0.25, 0.3) is 0 Å². The Morgan fingerprint density at radius 3 is 1.79 bits per heavy atom. The molecule has 3 nitrogen and oxygen atoms in total. The fraction of sp³-hybridized carbons (Fsp3) is 0.808. The topological polar surface area (TPSA) is 46.5 Å². The van der Waals surface area contributed by atoms with Crippen molar-refractivity contribution in [2.75, 3.05) is 13.2 Å². The smallest absolute Gasteiger partial charge is 0.330 e. The molecule has 0 unspecified atom stereocenters. The van der Waals surface area contributed by atoms with Crippen LogP contribution >= 0.6 is 0 Å². The Balaban J connectivity index is 3.32. The largest absolute Gasteiger partial charge is 0.463 e. The van der Waals surface area contributed by atoms with Crippen molar-refractivity contribution in [1.29, 1.82) is 0 Å². The van der Waals surface area contributed by atoms with E-state index in [1.54, 1.807) is 6.08 Å². The molecule has 0 atom stereocenters. The van der Waals surface area contributed by atoms with Gasteiger partial charge in [-0.3, -0.25) is 0 Å². The summed E-state index contributed by atoms with van der Waals surface area (Å²) in [7, 11) is 0. The van der Waals surface area contributed by atoms with Crippen LogP contribution in [0.15, 0.2) is 24.3 Å². The molecule has 170 valence electrons. The van der Waals surface area contributed by atoms with Crippen molar-refractivity contribution in [3.05, 3.63) is 24.3 Å². The molecule has 0 aromatic rings. The predicted molar refractivity (Wildman–Crippen MR) is 125 cm³/mol. The molecule has 0 rings (SSSR count). The van der Waals surface area contributed by atoms with Crippen molar-refractivity contribution in [2.45, 2.75) is 122 Å². The number of carbonyl (C=O) groups is 1. The normalized spacial score (nSPS) is 11.7. The molecule has 1 N–H and O–H groups in total. The van der Waals surface area contributed by atoms with E-state index in [0.717, 1.165) is 44.9 Å². The highest BCUT2D eigenvalue weighted by molar-refractivity contribution is 5.82. The van der Waals surface area contributed by atoms with Gasteiger partial charge in [-0.15, -0.1) is 0 Å². The number of carbonyl (C=O) groups excluding carboxylic acids is 1. The second kappa shape index (κ2) is 24.9. The van der Waals surface area contributed by atoms with E-state index in [1.165, 1.54) is 76.7 Å². The van der Waals surface area contributed by atoms with Gasteiger partial charge in [0.15, 0.2) is 0 Å². The van der Waals surface area contributed by atoms with Crippen LogP contribution < -0.4 is 0 Å². The van der Waals surface area contributed by atoms with Gasteiger partial charge in [0.1, 0.15) is 0 Å². The Labute approximate surface area is 181 Å². The molecule has 0 aromatic carbocycles. The third-order valence-electron chi connectivity index (χ3n) is 5.25. The lowest BCUT2D eigenvalue weighted by Crippen LogP contribution is -2.02. The molecular formula is C26H48O3. The first-order chi connectivity index (χ1) is 14.3. The lowest BCUT2D eigenvalue weighted by molar-refractivity contribution is -0.137. The van der Waals surface area contributed by atoms with Crippen LogP contribution in [0, 0.1) is 0 Å². The SMILES string of the molecule is CCCCCCCCCCCCCC=CC=CC(=O)OCCCCCCCCO. The van der Waals surface area contributed by atoms with Crippen molar-refractivity contribution in [1.82, 2.24) is 0 Å². The standard InChI is InChI=1S/C26H48O3/c1-2-3-4-5-6-7-8-9-10-11-12-13-14-17-20-23-26(28)29-25-22-19-16-15-18-21-24-27/h14,17,20,23,27H,2-13,15-16,18-19,21-22,24-25H2,1H3. The Morgan fingerprint density at radius 2 is 1.21 bits per heavy atom. The number of aliphatic hydroxyl groups excluding tert-OH is 1. The molecule has 3 heteroatoms. The molecule has 29 heavy (non-hydrogen) atoms. The zero-order valence-electron chi connectivity index (χ0n) is 19.2. The summed E-state index contributed by atoms with van der Waals surface area (Å²) in [6, 6.07) is 0. The Hall–Kier alpha value is -1.09. The minimum Gasteiger partial charge on any atom is -0.463 e. The highest BCUT2D eigenvalue weighted by atomic mass is 16.5. The second-order valence-corrected chi connectivity index (χ2v) is 8.12. The molecule has 0 amide bonds. The third kappa shape index (κ3) is 24.9. The van der Waals surface area contributed by atoms with Gasteiger partial charge in [-0.05, 0) is 25.7 Å². The first-order valence-electron chi connectivity index (χ1n) is 12.4. The summed E-state index contributed by atoms with van der Waals surface area (Å²) in [4.78, 5) is 11.6. The molecule has 0 aliphatic carbocycles. The van der Waals surface area contributed by atoms with E-state index in [0.29, 0.717) is 6.61 Å². The summed E-state index contributed by atoms with van der Waals surface area (Å²) in [5.74, 6) is -0.246. The highest BCUT2D eigenvalue weighted by Gasteiger charge is 1.96. The first kappa shape index (κ1) is 27.9. The molecular weight excluding hydrogens is 360 g/mol. The molecule has 0 aliphatic rings. The lowest BCUT2D eigenvalue weighted by Gasteiger charge is -2.02. The zero-order chi connectivity index (χ0) is 21.3. The van der Waals surface area contributed by atoms with E-state index in [2.05, 4.69) is 13.0 Å². The number of esters is 1. The fourth-order valence-electron chi connectivity index (χ4n) is 3.38. The maximum atomic E-state index is 11.6. The van der Waals surface area contributed by atoms with Crippen LogP contribution in [0.4, 0.5) is 0 Å². The summed E-state index contributed by atoms with van der Waals surface area (Å²) in [5, 5.41) is 8.70. The van der Waals surface area contributed by atoms with Crippen molar-refractivity contribution in [2.24, 2.45) is 0 Å². The first-order valence-corrected chi connectivity index (χ1v) is 12.4. The molecule has 0 saturated carbocycles. The zero-order valence-corrected chi connectivity index (χ0v) is 19.2. The predicted octanol–water partition coefficient (Wildman–Crippen LogP) is 7.68. The van der Waals surface area contributed by atoms with Gasteiger partial charge in [0, 0.05) is 12.7 Å². The number of hydrogen-bond acceptors (Lipinski definition) is 3. The summed E-state index contributed by atoms with van der Waals surface area (Å²) < 4.78 is 5.19. The van der Waals surface area contributed by atoms with E-state index in [9.17, 15) is 4.79 Å². The Morgan fingerprint density at radius 1 is 0.690 bits per heavy atom. The van der Waals surface area contributed by atoms with Gasteiger partial charge in [0.2, 0.25) is 0 Å². The summed E-state index contributed by atoms with van der Waals surface area (Å²) in [6.07, 6.45) is 29.9. The van der Waals surface area contributed by atoms with Crippen molar-refractivity contribution in [3.63, 3.8) is 0 Å².